The molecule has 0 aliphatic heterocycles. The molecule has 0 saturated heterocycles. The lowest BCUT2D eigenvalue weighted by molar-refractivity contribution is 0.0526. The van der Waals surface area contributed by atoms with Crippen LogP contribution in [0.2, 0.25) is 0 Å². The molecule has 4 heteroatoms. The topological polar surface area (TPSA) is 39.2 Å². The van der Waals surface area contributed by atoms with Crippen molar-refractivity contribution in [2.45, 2.75) is 97.8 Å². The minimum Gasteiger partial charge on any atom is -0.461 e. The minimum absolute atomic E-state index is 0.0412. The van der Waals surface area contributed by atoms with E-state index in [1.54, 1.807) is 0 Å². The summed E-state index contributed by atoms with van der Waals surface area (Å²) in [7, 11) is 0. The molecule has 2 aromatic rings. The Balaban J connectivity index is 2.11. The third-order valence-corrected chi connectivity index (χ3v) is 7.34. The Bertz CT molecular complexity index is 876. The average Bonchev–Trinajstić information content (AvgIpc) is 3.11. The molecule has 0 bridgehead atoms. The van der Waals surface area contributed by atoms with Gasteiger partial charge in [-0.3, -0.25) is 0 Å². The third-order valence-electron chi connectivity index (χ3n) is 6.28. The first-order valence-electron chi connectivity index (χ1n) is 11.8. The van der Waals surface area contributed by atoms with Gasteiger partial charge in [-0.2, -0.15) is 0 Å². The van der Waals surface area contributed by atoms with E-state index in [1.165, 1.54) is 59.4 Å². The zero-order chi connectivity index (χ0) is 22.8. The van der Waals surface area contributed by atoms with Gasteiger partial charge in [0.1, 0.15) is 0 Å². The van der Waals surface area contributed by atoms with Crippen LogP contribution in [0.1, 0.15) is 106 Å². The van der Waals surface area contributed by atoms with E-state index in [-0.39, 0.29) is 16.8 Å². The molecule has 170 valence electrons. The first kappa shape index (κ1) is 24.0. The highest BCUT2D eigenvalue weighted by atomic mass is 32.1. The summed E-state index contributed by atoms with van der Waals surface area (Å²) in [6.45, 7) is 15.8. The SMILES string of the molecule is CCOC(=O)c1nc(-c2cc(C(C)(C)C)cc(C(C)(C)C)c2)c(CC2CCCCC2)s1. The maximum absolute atomic E-state index is 12.5. The van der Waals surface area contributed by atoms with Gasteiger partial charge in [0.2, 0.25) is 5.01 Å². The van der Waals surface area contributed by atoms with Gasteiger partial charge in [-0.25, -0.2) is 9.78 Å². The van der Waals surface area contributed by atoms with Gasteiger partial charge in [-0.1, -0.05) is 79.7 Å². The standard InChI is InChI=1S/C27H39NO2S/c1-8-30-25(29)24-28-23(22(31-24)14-18-12-10-9-11-13-18)19-15-20(26(2,3)4)17-21(16-19)27(5,6)7/h15-18H,8-14H2,1-7H3. The van der Waals surface area contributed by atoms with Crippen LogP contribution in [0, 0.1) is 5.92 Å². The Kier molecular flexibility index (Phi) is 7.30. The van der Waals surface area contributed by atoms with Crippen molar-refractivity contribution in [2.75, 3.05) is 6.61 Å². The number of benzene rings is 1. The van der Waals surface area contributed by atoms with E-state index in [0.29, 0.717) is 17.5 Å². The van der Waals surface area contributed by atoms with Gasteiger partial charge in [-0.15, -0.1) is 11.3 Å². The number of ether oxygens (including phenoxy) is 1. The maximum atomic E-state index is 12.5. The van der Waals surface area contributed by atoms with Gasteiger partial charge in [0.25, 0.3) is 0 Å². The summed E-state index contributed by atoms with van der Waals surface area (Å²) in [6.07, 6.45) is 7.55. The number of aromatic nitrogens is 1. The number of hydrogen-bond acceptors (Lipinski definition) is 4. The zero-order valence-electron chi connectivity index (χ0n) is 20.4. The van der Waals surface area contributed by atoms with Gasteiger partial charge in [0.05, 0.1) is 12.3 Å². The van der Waals surface area contributed by atoms with E-state index in [2.05, 4.69) is 59.7 Å². The molecule has 0 spiro atoms. The van der Waals surface area contributed by atoms with Crippen LogP contribution < -0.4 is 0 Å². The van der Waals surface area contributed by atoms with Gasteiger partial charge >= 0.3 is 5.97 Å². The molecule has 3 nitrogen and oxygen atoms in total. The normalized spacial score (nSPS) is 15.8. The van der Waals surface area contributed by atoms with E-state index in [9.17, 15) is 4.79 Å². The van der Waals surface area contributed by atoms with Gasteiger partial charge < -0.3 is 4.74 Å². The number of hydrogen-bond donors (Lipinski definition) is 0. The first-order chi connectivity index (χ1) is 14.5. The lowest BCUT2D eigenvalue weighted by Gasteiger charge is -2.26. The number of esters is 1. The van der Waals surface area contributed by atoms with Crippen LogP contribution in [0.15, 0.2) is 18.2 Å². The van der Waals surface area contributed by atoms with Crippen LogP contribution in [-0.4, -0.2) is 17.6 Å². The van der Waals surface area contributed by atoms with Crippen molar-refractivity contribution in [2.24, 2.45) is 5.92 Å². The average molecular weight is 442 g/mol. The fraction of sp³-hybridized carbons (Fsp3) is 0.630. The summed E-state index contributed by atoms with van der Waals surface area (Å²) < 4.78 is 5.29. The Morgan fingerprint density at radius 2 is 1.58 bits per heavy atom. The van der Waals surface area contributed by atoms with Crippen LogP contribution in [-0.2, 0) is 22.0 Å². The maximum Gasteiger partial charge on any atom is 0.367 e. The highest BCUT2D eigenvalue weighted by Crippen LogP contribution is 2.38. The van der Waals surface area contributed by atoms with Gasteiger partial charge in [0, 0.05) is 10.4 Å². The highest BCUT2D eigenvalue weighted by molar-refractivity contribution is 7.14. The molecule has 0 amide bonds. The smallest absolute Gasteiger partial charge is 0.367 e. The van der Waals surface area contributed by atoms with Crippen LogP contribution in [0.25, 0.3) is 11.3 Å². The van der Waals surface area contributed by atoms with E-state index in [0.717, 1.165) is 17.7 Å². The summed E-state index contributed by atoms with van der Waals surface area (Å²) in [5, 5.41) is 0.487. The van der Waals surface area contributed by atoms with Crippen LogP contribution in [0.4, 0.5) is 0 Å². The molecule has 1 saturated carbocycles. The Morgan fingerprint density at radius 1 is 1.00 bits per heavy atom. The molecular formula is C27H39NO2S. The number of carbonyl (C=O) groups excluding carboxylic acids is 1. The third kappa shape index (κ3) is 5.97. The molecule has 1 heterocycles. The number of carbonyl (C=O) groups is 1. The van der Waals surface area contributed by atoms with E-state index in [1.807, 2.05) is 6.92 Å². The van der Waals surface area contributed by atoms with Crippen molar-refractivity contribution in [3.63, 3.8) is 0 Å². The second-order valence-corrected chi connectivity index (χ2v) is 12.1. The molecule has 1 aromatic carbocycles. The molecule has 0 unspecified atom stereocenters. The lowest BCUT2D eigenvalue weighted by atomic mass is 9.79. The molecule has 1 aromatic heterocycles. The molecule has 31 heavy (non-hydrogen) atoms. The van der Waals surface area contributed by atoms with Gasteiger partial charge in [0.15, 0.2) is 0 Å². The molecule has 0 N–H and O–H groups in total. The Hall–Kier alpha value is -1.68. The van der Waals surface area contributed by atoms with Crippen molar-refractivity contribution in [1.82, 2.24) is 4.98 Å². The number of thiazole rings is 1. The predicted molar refractivity (Wildman–Crippen MR) is 131 cm³/mol. The summed E-state index contributed by atoms with van der Waals surface area (Å²) in [5.74, 6) is 0.391. The van der Waals surface area contributed by atoms with Crippen molar-refractivity contribution in [3.05, 3.63) is 39.2 Å². The van der Waals surface area contributed by atoms with E-state index in [4.69, 9.17) is 9.72 Å². The Labute approximate surface area is 192 Å². The molecule has 1 fully saturated rings. The van der Waals surface area contributed by atoms with Crippen LogP contribution >= 0.6 is 11.3 Å². The number of rotatable bonds is 5. The van der Waals surface area contributed by atoms with Crippen LogP contribution in [0.3, 0.4) is 0 Å². The largest absolute Gasteiger partial charge is 0.461 e. The van der Waals surface area contributed by atoms with Crippen molar-refractivity contribution in [1.29, 1.82) is 0 Å². The van der Waals surface area contributed by atoms with Crippen molar-refractivity contribution >= 4 is 17.3 Å². The summed E-state index contributed by atoms with van der Waals surface area (Å²) in [4.78, 5) is 18.6. The Morgan fingerprint density at radius 3 is 2.10 bits per heavy atom. The predicted octanol–water partition coefficient (Wildman–Crippen LogP) is 7.70. The summed E-state index contributed by atoms with van der Waals surface area (Å²) in [5.41, 5.74) is 4.82. The molecular weight excluding hydrogens is 402 g/mol. The fourth-order valence-corrected chi connectivity index (χ4v) is 5.37. The lowest BCUT2D eigenvalue weighted by Crippen LogP contribution is -2.16. The molecule has 0 radical (unpaired) electrons. The second-order valence-electron chi connectivity index (χ2n) is 11.0. The first-order valence-corrected chi connectivity index (χ1v) is 12.6. The number of nitrogens with zero attached hydrogens (tertiary/aromatic N) is 1. The minimum atomic E-state index is -0.299. The molecule has 1 aliphatic carbocycles. The highest BCUT2D eigenvalue weighted by Gasteiger charge is 2.26. The quantitative estimate of drug-likeness (QED) is 0.446. The summed E-state index contributed by atoms with van der Waals surface area (Å²) >= 11 is 1.54. The second kappa shape index (κ2) is 9.44. The van der Waals surface area contributed by atoms with E-state index >= 15 is 0 Å². The van der Waals surface area contributed by atoms with Crippen molar-refractivity contribution in [3.8, 4) is 11.3 Å². The monoisotopic (exact) mass is 441 g/mol. The zero-order valence-corrected chi connectivity index (χ0v) is 21.2. The van der Waals surface area contributed by atoms with Gasteiger partial charge in [-0.05, 0) is 53.4 Å². The van der Waals surface area contributed by atoms with Crippen molar-refractivity contribution < 1.29 is 9.53 Å². The molecule has 1 aliphatic rings. The van der Waals surface area contributed by atoms with Crippen LogP contribution in [0.5, 0.6) is 0 Å². The molecule has 3 rings (SSSR count). The van der Waals surface area contributed by atoms with E-state index < -0.39 is 0 Å². The fourth-order valence-electron chi connectivity index (χ4n) is 4.28. The molecule has 0 atom stereocenters. The summed E-state index contributed by atoms with van der Waals surface area (Å²) in [6, 6.07) is 6.90.